The highest BCUT2D eigenvalue weighted by Crippen LogP contribution is 2.15. The first-order chi connectivity index (χ1) is 8.61. The van der Waals surface area contributed by atoms with Crippen molar-refractivity contribution in [3.05, 3.63) is 35.4 Å². The van der Waals surface area contributed by atoms with Gasteiger partial charge < -0.3 is 9.80 Å². The first-order valence-electron chi connectivity index (χ1n) is 6.26. The van der Waals surface area contributed by atoms with Crippen molar-refractivity contribution in [2.75, 3.05) is 26.7 Å². The minimum absolute atomic E-state index is 0.113. The van der Waals surface area contributed by atoms with E-state index in [4.69, 9.17) is 11.6 Å². The lowest BCUT2D eigenvalue weighted by Crippen LogP contribution is -2.52. The number of nitrogens with zero attached hydrogens (tertiary/aromatic N) is 2. The zero-order valence-corrected chi connectivity index (χ0v) is 11.7. The molecule has 1 atom stereocenters. The zero-order valence-electron chi connectivity index (χ0n) is 10.9. The van der Waals surface area contributed by atoms with Crippen molar-refractivity contribution in [2.45, 2.75) is 18.8 Å². The Morgan fingerprint density at radius 2 is 2.22 bits per heavy atom. The number of carbonyl (C=O) groups is 1. The van der Waals surface area contributed by atoms with Gasteiger partial charge in [0.15, 0.2) is 0 Å². The molecule has 1 aliphatic rings. The van der Waals surface area contributed by atoms with Gasteiger partial charge in [0, 0.05) is 37.1 Å². The molecular formula is C14H19ClN2O. The minimum atomic E-state index is 0.113. The third kappa shape index (κ3) is 2.85. The van der Waals surface area contributed by atoms with Crippen molar-refractivity contribution < 1.29 is 4.79 Å². The van der Waals surface area contributed by atoms with Gasteiger partial charge in [-0.3, -0.25) is 4.79 Å². The van der Waals surface area contributed by atoms with Crippen LogP contribution in [0, 0.1) is 0 Å². The Morgan fingerprint density at radius 1 is 1.44 bits per heavy atom. The number of piperazine rings is 1. The van der Waals surface area contributed by atoms with Crippen LogP contribution in [-0.4, -0.2) is 48.4 Å². The van der Waals surface area contributed by atoms with E-state index < -0.39 is 0 Å². The van der Waals surface area contributed by atoms with Gasteiger partial charge in [0.2, 0.25) is 0 Å². The fraction of sp³-hybridized carbons (Fsp3) is 0.500. The molecule has 1 saturated heterocycles. The summed E-state index contributed by atoms with van der Waals surface area (Å²) in [5.41, 5.74) is 1.73. The normalized spacial score (nSPS) is 21.1. The molecule has 1 fully saturated rings. The topological polar surface area (TPSA) is 23.6 Å². The molecule has 1 heterocycles. The van der Waals surface area contributed by atoms with Gasteiger partial charge in [0.05, 0.1) is 0 Å². The van der Waals surface area contributed by atoms with Gasteiger partial charge in [0.25, 0.3) is 5.91 Å². The van der Waals surface area contributed by atoms with E-state index in [0.717, 1.165) is 30.8 Å². The number of hydrogen-bond donors (Lipinski definition) is 0. The standard InChI is InChI=1S/C14H19ClN2O/c1-11-10-16(2)6-7-17(11)14(18)13-5-3-4-12(8-13)9-15/h3-5,8,11H,6-7,9-10H2,1-2H3. The summed E-state index contributed by atoms with van der Waals surface area (Å²) in [6.45, 7) is 4.76. The summed E-state index contributed by atoms with van der Waals surface area (Å²) < 4.78 is 0. The van der Waals surface area contributed by atoms with Crippen LogP contribution in [0.1, 0.15) is 22.8 Å². The lowest BCUT2D eigenvalue weighted by Gasteiger charge is -2.38. The smallest absolute Gasteiger partial charge is 0.254 e. The number of alkyl halides is 1. The number of likely N-dealkylation sites (N-methyl/N-ethyl adjacent to an activating group) is 1. The van der Waals surface area contributed by atoms with Crippen LogP contribution in [-0.2, 0) is 5.88 Å². The minimum Gasteiger partial charge on any atom is -0.333 e. The van der Waals surface area contributed by atoms with Crippen molar-refractivity contribution in [3.63, 3.8) is 0 Å². The Labute approximate surface area is 113 Å². The predicted octanol–water partition coefficient (Wildman–Crippen LogP) is 2.20. The molecule has 0 spiro atoms. The summed E-state index contributed by atoms with van der Waals surface area (Å²) in [4.78, 5) is 16.7. The van der Waals surface area contributed by atoms with E-state index in [9.17, 15) is 4.79 Å². The number of rotatable bonds is 2. The van der Waals surface area contributed by atoms with Gasteiger partial charge in [-0.1, -0.05) is 12.1 Å². The fourth-order valence-corrected chi connectivity index (χ4v) is 2.56. The second kappa shape index (κ2) is 5.72. The number of carbonyl (C=O) groups excluding carboxylic acids is 1. The van der Waals surface area contributed by atoms with Crippen LogP contribution in [0.3, 0.4) is 0 Å². The lowest BCUT2D eigenvalue weighted by atomic mass is 10.1. The second-order valence-electron chi connectivity index (χ2n) is 4.94. The van der Waals surface area contributed by atoms with E-state index in [1.54, 1.807) is 0 Å². The molecule has 2 rings (SSSR count). The Morgan fingerprint density at radius 3 is 2.89 bits per heavy atom. The van der Waals surface area contributed by atoms with E-state index in [-0.39, 0.29) is 11.9 Å². The SMILES string of the molecule is CC1CN(C)CCN1C(=O)c1cccc(CCl)c1. The number of hydrogen-bond acceptors (Lipinski definition) is 2. The summed E-state index contributed by atoms with van der Waals surface area (Å²) >= 11 is 5.81. The molecule has 3 nitrogen and oxygen atoms in total. The number of benzene rings is 1. The fourth-order valence-electron chi connectivity index (χ4n) is 2.39. The third-order valence-corrected chi connectivity index (χ3v) is 3.73. The average Bonchev–Trinajstić information content (AvgIpc) is 2.38. The van der Waals surface area contributed by atoms with Gasteiger partial charge in [-0.15, -0.1) is 11.6 Å². The van der Waals surface area contributed by atoms with Crippen molar-refractivity contribution in [2.24, 2.45) is 0 Å². The predicted molar refractivity (Wildman–Crippen MR) is 74.0 cm³/mol. The maximum Gasteiger partial charge on any atom is 0.254 e. The van der Waals surface area contributed by atoms with Crippen LogP contribution in [0.15, 0.2) is 24.3 Å². The quantitative estimate of drug-likeness (QED) is 0.767. The summed E-state index contributed by atoms with van der Waals surface area (Å²) in [5.74, 6) is 0.557. The zero-order chi connectivity index (χ0) is 13.1. The first-order valence-corrected chi connectivity index (χ1v) is 6.79. The summed E-state index contributed by atoms with van der Waals surface area (Å²) in [7, 11) is 2.09. The highest BCUT2D eigenvalue weighted by atomic mass is 35.5. The molecule has 0 saturated carbocycles. The molecule has 98 valence electrons. The van der Waals surface area contributed by atoms with Gasteiger partial charge >= 0.3 is 0 Å². The maximum absolute atomic E-state index is 12.4. The van der Waals surface area contributed by atoms with Gasteiger partial charge in [-0.05, 0) is 31.7 Å². The maximum atomic E-state index is 12.4. The Bertz CT molecular complexity index is 436. The molecule has 0 radical (unpaired) electrons. The van der Waals surface area contributed by atoms with Crippen LogP contribution >= 0.6 is 11.6 Å². The van der Waals surface area contributed by atoms with Gasteiger partial charge in [-0.2, -0.15) is 0 Å². The van der Waals surface area contributed by atoms with E-state index in [1.807, 2.05) is 29.2 Å². The van der Waals surface area contributed by atoms with Crippen LogP contribution in [0.4, 0.5) is 0 Å². The van der Waals surface area contributed by atoms with Crippen LogP contribution in [0.5, 0.6) is 0 Å². The monoisotopic (exact) mass is 266 g/mol. The van der Waals surface area contributed by atoms with E-state index in [2.05, 4.69) is 18.9 Å². The molecule has 4 heteroatoms. The molecule has 1 aromatic rings. The highest BCUT2D eigenvalue weighted by Gasteiger charge is 2.26. The molecule has 1 unspecified atom stereocenters. The number of amides is 1. The molecule has 0 bridgehead atoms. The second-order valence-corrected chi connectivity index (χ2v) is 5.21. The molecule has 1 aromatic carbocycles. The summed E-state index contributed by atoms with van der Waals surface area (Å²) in [5, 5.41) is 0. The molecule has 0 N–H and O–H groups in total. The summed E-state index contributed by atoms with van der Waals surface area (Å²) in [6, 6.07) is 7.85. The van der Waals surface area contributed by atoms with E-state index in [1.165, 1.54) is 0 Å². The summed E-state index contributed by atoms with van der Waals surface area (Å²) in [6.07, 6.45) is 0. The van der Waals surface area contributed by atoms with Crippen LogP contribution in [0.25, 0.3) is 0 Å². The van der Waals surface area contributed by atoms with Crippen molar-refractivity contribution in [1.82, 2.24) is 9.80 Å². The molecule has 0 aliphatic carbocycles. The Hall–Kier alpha value is -1.06. The van der Waals surface area contributed by atoms with Crippen LogP contribution < -0.4 is 0 Å². The van der Waals surface area contributed by atoms with E-state index in [0.29, 0.717) is 5.88 Å². The molecular weight excluding hydrogens is 248 g/mol. The lowest BCUT2D eigenvalue weighted by molar-refractivity contribution is 0.0533. The number of halogens is 1. The molecule has 0 aromatic heterocycles. The van der Waals surface area contributed by atoms with Crippen molar-refractivity contribution in [1.29, 1.82) is 0 Å². The molecule has 1 amide bonds. The van der Waals surface area contributed by atoms with Gasteiger partial charge in [-0.25, -0.2) is 0 Å². The van der Waals surface area contributed by atoms with Crippen molar-refractivity contribution in [3.8, 4) is 0 Å². The average molecular weight is 267 g/mol. The first kappa shape index (κ1) is 13.4. The van der Waals surface area contributed by atoms with Gasteiger partial charge in [0.1, 0.15) is 0 Å². The molecule has 18 heavy (non-hydrogen) atoms. The van der Waals surface area contributed by atoms with Crippen molar-refractivity contribution >= 4 is 17.5 Å². The third-order valence-electron chi connectivity index (χ3n) is 3.42. The molecule has 1 aliphatic heterocycles. The highest BCUT2D eigenvalue weighted by molar-refractivity contribution is 6.17. The Kier molecular flexibility index (Phi) is 4.25. The van der Waals surface area contributed by atoms with E-state index >= 15 is 0 Å². The largest absolute Gasteiger partial charge is 0.333 e. The van der Waals surface area contributed by atoms with Crippen LogP contribution in [0.2, 0.25) is 0 Å². The Balaban J connectivity index is 2.15.